The van der Waals surface area contributed by atoms with E-state index in [2.05, 4.69) is 0 Å². The highest BCUT2D eigenvalue weighted by Crippen LogP contribution is 2.23. The molecule has 1 atom stereocenters. The van der Waals surface area contributed by atoms with E-state index in [0.717, 1.165) is 24.8 Å². The molecule has 1 fully saturated rings. The van der Waals surface area contributed by atoms with Gasteiger partial charge in [-0.3, -0.25) is 4.79 Å². The molecule has 1 aliphatic heterocycles. The fourth-order valence-corrected chi connectivity index (χ4v) is 5.01. The average molecular weight is 430 g/mol. The molecular formula is C23H27NO5S. The van der Waals surface area contributed by atoms with E-state index in [-0.39, 0.29) is 16.2 Å². The summed E-state index contributed by atoms with van der Waals surface area (Å²) in [5.74, 6) is -1.02. The van der Waals surface area contributed by atoms with Crippen molar-refractivity contribution in [1.82, 2.24) is 4.31 Å². The highest BCUT2D eigenvalue weighted by Gasteiger charge is 2.28. The van der Waals surface area contributed by atoms with Crippen LogP contribution in [0.2, 0.25) is 0 Å². The number of hydrogen-bond acceptors (Lipinski definition) is 5. The van der Waals surface area contributed by atoms with Gasteiger partial charge >= 0.3 is 5.97 Å². The molecule has 3 rings (SSSR count). The summed E-state index contributed by atoms with van der Waals surface area (Å²) in [6.07, 6.45) is 1.70. The fraction of sp³-hybridized carbons (Fsp3) is 0.391. The zero-order valence-electron chi connectivity index (χ0n) is 17.6. The van der Waals surface area contributed by atoms with E-state index in [1.807, 2.05) is 19.1 Å². The molecule has 1 aliphatic rings. The lowest BCUT2D eigenvalue weighted by molar-refractivity contribution is 0.0318. The summed E-state index contributed by atoms with van der Waals surface area (Å²) in [4.78, 5) is 25.4. The van der Waals surface area contributed by atoms with Gasteiger partial charge in [-0.15, -0.1) is 0 Å². The van der Waals surface area contributed by atoms with Crippen LogP contribution in [-0.4, -0.2) is 43.7 Å². The van der Waals surface area contributed by atoms with Crippen molar-refractivity contribution in [2.24, 2.45) is 0 Å². The number of carbonyl (C=O) groups excluding carboxylic acids is 2. The van der Waals surface area contributed by atoms with Crippen molar-refractivity contribution in [2.45, 2.75) is 51.0 Å². The van der Waals surface area contributed by atoms with Crippen molar-refractivity contribution >= 4 is 21.8 Å². The molecule has 0 spiro atoms. The minimum absolute atomic E-state index is 0.0689. The van der Waals surface area contributed by atoms with Gasteiger partial charge < -0.3 is 4.74 Å². The van der Waals surface area contributed by atoms with Gasteiger partial charge in [-0.2, -0.15) is 4.31 Å². The number of ketones is 1. The van der Waals surface area contributed by atoms with Crippen molar-refractivity contribution < 1.29 is 22.7 Å². The molecule has 0 N–H and O–H groups in total. The first kappa shape index (κ1) is 22.2. The molecule has 0 radical (unpaired) electrons. The number of esters is 1. The summed E-state index contributed by atoms with van der Waals surface area (Å²) in [5, 5.41) is 0. The first-order chi connectivity index (χ1) is 14.2. The van der Waals surface area contributed by atoms with Gasteiger partial charge in [0.15, 0.2) is 6.10 Å². The van der Waals surface area contributed by atoms with Crippen molar-refractivity contribution in [3.63, 3.8) is 0 Å². The second kappa shape index (κ2) is 9.10. The van der Waals surface area contributed by atoms with Crippen LogP contribution in [0.25, 0.3) is 0 Å². The number of Topliss-reactive ketones (excluding diaryl/α,β-unsaturated/α-hetero) is 1. The molecule has 30 heavy (non-hydrogen) atoms. The van der Waals surface area contributed by atoms with Crippen LogP contribution >= 0.6 is 0 Å². The van der Waals surface area contributed by atoms with Crippen molar-refractivity contribution in [3.05, 3.63) is 64.7 Å². The van der Waals surface area contributed by atoms with Crippen LogP contribution in [0.1, 0.15) is 58.0 Å². The first-order valence-corrected chi connectivity index (χ1v) is 11.6. The largest absolute Gasteiger partial charge is 0.451 e. The van der Waals surface area contributed by atoms with Crippen LogP contribution in [0.5, 0.6) is 0 Å². The monoisotopic (exact) mass is 429 g/mol. The lowest BCUT2D eigenvalue weighted by Crippen LogP contribution is -2.35. The van der Waals surface area contributed by atoms with Gasteiger partial charge in [0.2, 0.25) is 15.8 Å². The van der Waals surface area contributed by atoms with Gasteiger partial charge in [0.1, 0.15) is 0 Å². The maximum absolute atomic E-state index is 12.9. The van der Waals surface area contributed by atoms with E-state index in [1.165, 1.54) is 23.4 Å². The first-order valence-electron chi connectivity index (χ1n) is 10.1. The smallest absolute Gasteiger partial charge is 0.339 e. The van der Waals surface area contributed by atoms with Gasteiger partial charge in [0.25, 0.3) is 0 Å². The standard InChI is InChI=1S/C23H27NO5S/c1-16-7-10-19(11-8-16)22(25)18(3)29-23(26)21-15-20(12-9-17(21)2)30(27,28)24-13-5-4-6-14-24/h7-12,15,18H,4-6,13-14H2,1-3H3/t18-/m1/s1. The molecule has 0 aromatic heterocycles. The Labute approximate surface area is 177 Å². The minimum Gasteiger partial charge on any atom is -0.451 e. The van der Waals surface area contributed by atoms with E-state index in [0.29, 0.717) is 24.2 Å². The van der Waals surface area contributed by atoms with E-state index >= 15 is 0 Å². The summed E-state index contributed by atoms with van der Waals surface area (Å²) in [7, 11) is -3.67. The van der Waals surface area contributed by atoms with Gasteiger partial charge in [0, 0.05) is 18.7 Å². The number of piperidine rings is 1. The number of rotatable bonds is 6. The summed E-state index contributed by atoms with van der Waals surface area (Å²) < 4.78 is 32.7. The summed E-state index contributed by atoms with van der Waals surface area (Å²) in [6.45, 7) is 6.12. The topological polar surface area (TPSA) is 80.8 Å². The van der Waals surface area contributed by atoms with Gasteiger partial charge in [-0.25, -0.2) is 13.2 Å². The molecule has 0 amide bonds. The third kappa shape index (κ3) is 4.79. The molecule has 0 bridgehead atoms. The van der Waals surface area contributed by atoms with Crippen molar-refractivity contribution in [2.75, 3.05) is 13.1 Å². The number of benzene rings is 2. The van der Waals surface area contributed by atoms with E-state index in [4.69, 9.17) is 4.74 Å². The van der Waals surface area contributed by atoms with Crippen molar-refractivity contribution in [1.29, 1.82) is 0 Å². The van der Waals surface area contributed by atoms with Crippen LogP contribution in [0.3, 0.4) is 0 Å². The molecule has 1 heterocycles. The van der Waals surface area contributed by atoms with Crippen molar-refractivity contribution in [3.8, 4) is 0 Å². The molecular weight excluding hydrogens is 402 g/mol. The molecule has 7 heteroatoms. The number of hydrogen-bond donors (Lipinski definition) is 0. The Morgan fingerprint density at radius 1 is 0.967 bits per heavy atom. The quantitative estimate of drug-likeness (QED) is 0.514. The molecule has 6 nitrogen and oxygen atoms in total. The SMILES string of the molecule is Cc1ccc(C(=O)[C@@H](C)OC(=O)c2cc(S(=O)(=O)N3CCCCC3)ccc2C)cc1. The number of sulfonamides is 1. The Bertz CT molecular complexity index is 1040. The Hall–Kier alpha value is -2.51. The molecule has 0 aliphatic carbocycles. The van der Waals surface area contributed by atoms with E-state index in [1.54, 1.807) is 25.1 Å². The lowest BCUT2D eigenvalue weighted by atomic mass is 10.1. The zero-order chi connectivity index (χ0) is 21.9. The maximum atomic E-state index is 12.9. The van der Waals surface area contributed by atoms with Crippen LogP contribution in [0.4, 0.5) is 0 Å². The molecule has 1 saturated heterocycles. The van der Waals surface area contributed by atoms with Gasteiger partial charge in [-0.1, -0.05) is 42.3 Å². The number of ether oxygens (including phenoxy) is 1. The summed E-state index contributed by atoms with van der Waals surface area (Å²) >= 11 is 0. The number of carbonyl (C=O) groups is 2. The minimum atomic E-state index is -3.67. The van der Waals surface area contributed by atoms with Gasteiger partial charge in [0.05, 0.1) is 10.5 Å². The van der Waals surface area contributed by atoms with Gasteiger partial charge in [-0.05, 0) is 51.3 Å². The zero-order valence-corrected chi connectivity index (χ0v) is 18.4. The van der Waals surface area contributed by atoms with E-state index in [9.17, 15) is 18.0 Å². The maximum Gasteiger partial charge on any atom is 0.339 e. The van der Waals surface area contributed by atoms with E-state index < -0.39 is 22.1 Å². The summed E-state index contributed by atoms with van der Waals surface area (Å²) in [5.41, 5.74) is 2.22. The molecule has 0 unspecified atom stereocenters. The van der Waals surface area contributed by atoms with Crippen LogP contribution in [0, 0.1) is 13.8 Å². The second-order valence-electron chi connectivity index (χ2n) is 7.72. The Balaban J connectivity index is 1.79. The lowest BCUT2D eigenvalue weighted by Gasteiger charge is -2.26. The fourth-order valence-electron chi connectivity index (χ4n) is 3.47. The third-order valence-electron chi connectivity index (χ3n) is 5.37. The second-order valence-corrected chi connectivity index (χ2v) is 9.66. The average Bonchev–Trinajstić information content (AvgIpc) is 2.74. The van der Waals surface area contributed by atoms with Crippen LogP contribution in [-0.2, 0) is 14.8 Å². The Morgan fingerprint density at radius 3 is 2.23 bits per heavy atom. The molecule has 160 valence electrons. The Kier molecular flexibility index (Phi) is 6.73. The normalized spacial score (nSPS) is 16.1. The highest BCUT2D eigenvalue weighted by atomic mass is 32.2. The highest BCUT2D eigenvalue weighted by molar-refractivity contribution is 7.89. The van der Waals surface area contributed by atoms with Crippen LogP contribution in [0.15, 0.2) is 47.4 Å². The predicted octanol–water partition coefficient (Wildman–Crippen LogP) is 3.91. The number of nitrogens with zero attached hydrogens (tertiary/aromatic N) is 1. The Morgan fingerprint density at radius 2 is 1.60 bits per heavy atom. The molecule has 2 aromatic rings. The van der Waals surface area contributed by atoms with Crippen LogP contribution < -0.4 is 0 Å². The number of aryl methyl sites for hydroxylation is 2. The third-order valence-corrected chi connectivity index (χ3v) is 7.27. The predicted molar refractivity (Wildman–Crippen MR) is 114 cm³/mol. The molecule has 2 aromatic carbocycles. The molecule has 0 saturated carbocycles. The summed E-state index contributed by atoms with van der Waals surface area (Å²) in [6, 6.07) is 11.5.